The van der Waals surface area contributed by atoms with Crippen molar-refractivity contribution in [1.29, 1.82) is 0 Å². The van der Waals surface area contributed by atoms with Crippen LogP contribution in [0.4, 0.5) is 0 Å². The first-order valence-corrected chi connectivity index (χ1v) is 7.55. The van der Waals surface area contributed by atoms with Crippen LogP contribution in [0.25, 0.3) is 0 Å². The molecule has 1 aliphatic rings. The highest BCUT2D eigenvalue weighted by molar-refractivity contribution is 4.88. The van der Waals surface area contributed by atoms with Crippen LogP contribution < -0.4 is 0 Å². The van der Waals surface area contributed by atoms with E-state index in [-0.39, 0.29) is 12.1 Å². The smallest absolute Gasteiger partial charge is 0.0695 e. The SMILES string of the molecule is CCC1CCC(O)C(N(CCOC)C(C)COC)C1. The van der Waals surface area contributed by atoms with Gasteiger partial charge in [-0.25, -0.2) is 0 Å². The van der Waals surface area contributed by atoms with Crippen LogP contribution in [-0.4, -0.2) is 62.2 Å². The van der Waals surface area contributed by atoms with E-state index in [2.05, 4.69) is 18.7 Å². The van der Waals surface area contributed by atoms with Gasteiger partial charge in [0.05, 0.1) is 19.3 Å². The highest BCUT2D eigenvalue weighted by Crippen LogP contribution is 2.31. The van der Waals surface area contributed by atoms with E-state index >= 15 is 0 Å². The molecule has 4 unspecified atom stereocenters. The van der Waals surface area contributed by atoms with Gasteiger partial charge < -0.3 is 14.6 Å². The molecule has 0 saturated heterocycles. The number of aliphatic hydroxyl groups is 1. The fourth-order valence-electron chi connectivity index (χ4n) is 3.19. The van der Waals surface area contributed by atoms with Crippen molar-refractivity contribution in [1.82, 2.24) is 4.90 Å². The standard InChI is InChI=1S/C15H31NO3/c1-5-13-6-7-15(17)14(10-13)16(8-9-18-3)12(2)11-19-4/h12-15,17H,5-11H2,1-4H3. The summed E-state index contributed by atoms with van der Waals surface area (Å²) in [5.41, 5.74) is 0. The van der Waals surface area contributed by atoms with Crippen LogP contribution >= 0.6 is 0 Å². The van der Waals surface area contributed by atoms with Gasteiger partial charge in [0.25, 0.3) is 0 Å². The predicted octanol–water partition coefficient (Wildman–Crippen LogP) is 1.91. The highest BCUT2D eigenvalue weighted by Gasteiger charge is 2.34. The summed E-state index contributed by atoms with van der Waals surface area (Å²) in [5.74, 6) is 0.744. The first-order valence-electron chi connectivity index (χ1n) is 7.55. The summed E-state index contributed by atoms with van der Waals surface area (Å²) in [6, 6.07) is 0.564. The number of methoxy groups -OCH3 is 2. The zero-order chi connectivity index (χ0) is 14.3. The van der Waals surface area contributed by atoms with E-state index in [1.807, 2.05) is 0 Å². The molecule has 1 N–H and O–H groups in total. The third-order valence-electron chi connectivity index (χ3n) is 4.42. The fraction of sp³-hybridized carbons (Fsp3) is 1.00. The van der Waals surface area contributed by atoms with E-state index in [1.165, 1.54) is 6.42 Å². The summed E-state index contributed by atoms with van der Waals surface area (Å²) in [6.07, 6.45) is 4.17. The number of rotatable bonds is 8. The molecule has 1 fully saturated rings. The van der Waals surface area contributed by atoms with Gasteiger partial charge in [-0.2, -0.15) is 0 Å². The van der Waals surface area contributed by atoms with Gasteiger partial charge >= 0.3 is 0 Å². The molecule has 19 heavy (non-hydrogen) atoms. The van der Waals surface area contributed by atoms with Crippen LogP contribution in [-0.2, 0) is 9.47 Å². The Kier molecular flexibility index (Phi) is 7.91. The van der Waals surface area contributed by atoms with E-state index in [1.54, 1.807) is 14.2 Å². The lowest BCUT2D eigenvalue weighted by Gasteiger charge is -2.43. The molecule has 0 spiro atoms. The van der Waals surface area contributed by atoms with Crippen LogP contribution in [0.3, 0.4) is 0 Å². The molecule has 4 nitrogen and oxygen atoms in total. The van der Waals surface area contributed by atoms with Gasteiger partial charge in [0, 0.05) is 32.8 Å². The number of ether oxygens (including phenoxy) is 2. The van der Waals surface area contributed by atoms with Crippen LogP contribution in [0.5, 0.6) is 0 Å². The van der Waals surface area contributed by atoms with E-state index in [0.29, 0.717) is 19.3 Å². The molecule has 1 saturated carbocycles. The van der Waals surface area contributed by atoms with E-state index in [4.69, 9.17) is 9.47 Å². The fourth-order valence-corrected chi connectivity index (χ4v) is 3.19. The minimum absolute atomic E-state index is 0.209. The predicted molar refractivity (Wildman–Crippen MR) is 77.3 cm³/mol. The van der Waals surface area contributed by atoms with Crippen molar-refractivity contribution < 1.29 is 14.6 Å². The average Bonchev–Trinajstić information content (AvgIpc) is 2.41. The maximum absolute atomic E-state index is 10.3. The summed E-state index contributed by atoms with van der Waals surface area (Å²) in [7, 11) is 3.46. The lowest BCUT2D eigenvalue weighted by atomic mass is 9.81. The molecule has 0 radical (unpaired) electrons. The second-order valence-electron chi connectivity index (χ2n) is 5.76. The van der Waals surface area contributed by atoms with E-state index in [9.17, 15) is 5.11 Å². The van der Waals surface area contributed by atoms with Crippen molar-refractivity contribution in [3.8, 4) is 0 Å². The first-order chi connectivity index (χ1) is 9.13. The summed E-state index contributed by atoms with van der Waals surface area (Å²) < 4.78 is 10.5. The number of nitrogens with zero attached hydrogens (tertiary/aromatic N) is 1. The molecule has 0 aliphatic heterocycles. The van der Waals surface area contributed by atoms with Crippen LogP contribution in [0.2, 0.25) is 0 Å². The molecule has 1 rings (SSSR count). The average molecular weight is 273 g/mol. The Hall–Kier alpha value is -0.160. The van der Waals surface area contributed by atoms with Crippen LogP contribution in [0, 0.1) is 5.92 Å². The Balaban J connectivity index is 2.69. The molecule has 4 atom stereocenters. The number of hydrogen-bond acceptors (Lipinski definition) is 4. The zero-order valence-corrected chi connectivity index (χ0v) is 13.0. The summed E-state index contributed by atoms with van der Waals surface area (Å²) >= 11 is 0. The quantitative estimate of drug-likeness (QED) is 0.733. The minimum atomic E-state index is -0.209. The molecule has 0 amide bonds. The third kappa shape index (κ3) is 5.03. The largest absolute Gasteiger partial charge is 0.391 e. The van der Waals surface area contributed by atoms with Crippen molar-refractivity contribution in [3.63, 3.8) is 0 Å². The van der Waals surface area contributed by atoms with Crippen molar-refractivity contribution in [2.75, 3.05) is 34.0 Å². The molecular weight excluding hydrogens is 242 g/mol. The second kappa shape index (κ2) is 8.90. The van der Waals surface area contributed by atoms with Gasteiger partial charge in [-0.15, -0.1) is 0 Å². The van der Waals surface area contributed by atoms with Crippen molar-refractivity contribution in [2.24, 2.45) is 5.92 Å². The summed E-state index contributed by atoms with van der Waals surface area (Å²) in [6.45, 7) is 6.68. The topological polar surface area (TPSA) is 41.9 Å². The van der Waals surface area contributed by atoms with Crippen molar-refractivity contribution >= 4 is 0 Å². The Morgan fingerprint density at radius 3 is 2.58 bits per heavy atom. The van der Waals surface area contributed by atoms with E-state index < -0.39 is 0 Å². The van der Waals surface area contributed by atoms with Crippen LogP contribution in [0.15, 0.2) is 0 Å². The molecule has 0 aromatic carbocycles. The van der Waals surface area contributed by atoms with Gasteiger partial charge in [0.2, 0.25) is 0 Å². The lowest BCUT2D eigenvalue weighted by molar-refractivity contribution is -0.0366. The Bertz CT molecular complexity index is 237. The number of aliphatic hydroxyl groups excluding tert-OH is 1. The maximum atomic E-state index is 10.3. The monoisotopic (exact) mass is 273 g/mol. The lowest BCUT2D eigenvalue weighted by Crippen LogP contribution is -2.53. The third-order valence-corrected chi connectivity index (χ3v) is 4.42. The van der Waals surface area contributed by atoms with E-state index in [0.717, 1.165) is 31.7 Å². The molecule has 0 bridgehead atoms. The number of hydrogen-bond donors (Lipinski definition) is 1. The van der Waals surface area contributed by atoms with Crippen molar-refractivity contribution in [2.45, 2.75) is 57.7 Å². The van der Waals surface area contributed by atoms with Gasteiger partial charge in [-0.1, -0.05) is 13.3 Å². The highest BCUT2D eigenvalue weighted by atomic mass is 16.5. The molecular formula is C15H31NO3. The Labute approximate surface area is 118 Å². The molecule has 0 aromatic rings. The van der Waals surface area contributed by atoms with Gasteiger partial charge in [0.15, 0.2) is 0 Å². The molecule has 114 valence electrons. The minimum Gasteiger partial charge on any atom is -0.391 e. The van der Waals surface area contributed by atoms with Crippen molar-refractivity contribution in [3.05, 3.63) is 0 Å². The first kappa shape index (κ1) is 16.9. The Morgan fingerprint density at radius 2 is 2.00 bits per heavy atom. The zero-order valence-electron chi connectivity index (χ0n) is 13.0. The van der Waals surface area contributed by atoms with Gasteiger partial charge in [0.1, 0.15) is 0 Å². The molecule has 4 heteroatoms. The van der Waals surface area contributed by atoms with Gasteiger partial charge in [-0.05, 0) is 32.1 Å². The summed E-state index contributed by atoms with van der Waals surface area (Å²) in [5, 5.41) is 10.3. The second-order valence-corrected chi connectivity index (χ2v) is 5.76. The van der Waals surface area contributed by atoms with Crippen LogP contribution in [0.1, 0.15) is 39.5 Å². The molecule has 0 aromatic heterocycles. The molecule has 1 aliphatic carbocycles. The normalized spacial score (nSPS) is 29.7. The Morgan fingerprint density at radius 1 is 1.26 bits per heavy atom. The maximum Gasteiger partial charge on any atom is 0.0695 e. The molecule has 0 heterocycles. The summed E-state index contributed by atoms with van der Waals surface area (Å²) in [4.78, 5) is 2.37. The van der Waals surface area contributed by atoms with Gasteiger partial charge in [-0.3, -0.25) is 4.90 Å².